The molecule has 0 aliphatic rings. The third kappa shape index (κ3) is 4.89. The van der Waals surface area contributed by atoms with Crippen LogP contribution >= 0.6 is 0 Å². The van der Waals surface area contributed by atoms with Crippen molar-refractivity contribution in [3.63, 3.8) is 0 Å². The van der Waals surface area contributed by atoms with E-state index >= 15 is 0 Å². The van der Waals surface area contributed by atoms with Gasteiger partial charge in [-0.25, -0.2) is 4.98 Å². The first kappa shape index (κ1) is 14.9. The van der Waals surface area contributed by atoms with Gasteiger partial charge >= 0.3 is 0 Å². The van der Waals surface area contributed by atoms with E-state index in [2.05, 4.69) is 15.2 Å². The van der Waals surface area contributed by atoms with E-state index in [0.717, 1.165) is 25.6 Å². The Hall–Kier alpha value is -2.20. The summed E-state index contributed by atoms with van der Waals surface area (Å²) in [5.41, 5.74) is 0.0246. The van der Waals surface area contributed by atoms with Gasteiger partial charge in [-0.1, -0.05) is 0 Å². The van der Waals surface area contributed by atoms with Gasteiger partial charge in [-0.05, 0) is 33.5 Å². The molecular formula is C12H17N5O2. The lowest BCUT2D eigenvalue weighted by molar-refractivity contribution is -0.385. The van der Waals surface area contributed by atoms with Gasteiger partial charge in [0.1, 0.15) is 23.6 Å². The zero-order valence-electron chi connectivity index (χ0n) is 11.1. The van der Waals surface area contributed by atoms with Crippen molar-refractivity contribution in [2.45, 2.75) is 12.8 Å². The Labute approximate surface area is 112 Å². The molecule has 0 unspecified atom stereocenters. The lowest BCUT2D eigenvalue weighted by atomic mass is 10.2. The molecule has 19 heavy (non-hydrogen) atoms. The van der Waals surface area contributed by atoms with Gasteiger partial charge in [0, 0.05) is 12.6 Å². The van der Waals surface area contributed by atoms with Crippen LogP contribution < -0.4 is 5.32 Å². The van der Waals surface area contributed by atoms with Crippen LogP contribution in [-0.4, -0.2) is 42.0 Å². The molecule has 0 radical (unpaired) electrons. The highest BCUT2D eigenvalue weighted by Gasteiger charge is 2.11. The minimum absolute atomic E-state index is 0.172. The zero-order chi connectivity index (χ0) is 14.3. The Balaban J connectivity index is 2.54. The van der Waals surface area contributed by atoms with Gasteiger partial charge in [0.2, 0.25) is 0 Å². The Morgan fingerprint density at radius 3 is 2.84 bits per heavy atom. The lowest BCUT2D eigenvalue weighted by Crippen LogP contribution is -2.14. The van der Waals surface area contributed by atoms with E-state index in [1.807, 2.05) is 20.2 Å². The van der Waals surface area contributed by atoms with Gasteiger partial charge in [-0.3, -0.25) is 10.1 Å². The average molecular weight is 263 g/mol. The fraction of sp³-hybridized carbons (Fsp3) is 0.500. The monoisotopic (exact) mass is 263 g/mol. The van der Waals surface area contributed by atoms with Crippen molar-refractivity contribution in [1.29, 1.82) is 5.26 Å². The number of unbranched alkanes of at least 4 members (excludes halogenated alkanes) is 1. The van der Waals surface area contributed by atoms with E-state index in [1.165, 1.54) is 6.07 Å². The summed E-state index contributed by atoms with van der Waals surface area (Å²) in [6, 6.07) is 3.14. The number of nitriles is 1. The molecule has 1 heterocycles. The van der Waals surface area contributed by atoms with E-state index < -0.39 is 4.92 Å². The maximum Gasteiger partial charge on any atom is 0.289 e. The molecule has 0 bridgehead atoms. The van der Waals surface area contributed by atoms with Gasteiger partial charge in [-0.2, -0.15) is 5.26 Å². The van der Waals surface area contributed by atoms with Crippen molar-refractivity contribution in [2.24, 2.45) is 0 Å². The Morgan fingerprint density at radius 1 is 1.53 bits per heavy atom. The van der Waals surface area contributed by atoms with Gasteiger partial charge in [-0.15, -0.1) is 0 Å². The van der Waals surface area contributed by atoms with E-state index in [-0.39, 0.29) is 11.3 Å². The number of aromatic nitrogens is 1. The topological polar surface area (TPSA) is 95.1 Å². The molecule has 0 aliphatic heterocycles. The zero-order valence-corrected chi connectivity index (χ0v) is 11.1. The number of anilines is 1. The maximum atomic E-state index is 10.6. The molecule has 0 aromatic carbocycles. The van der Waals surface area contributed by atoms with E-state index in [9.17, 15) is 10.1 Å². The second-order valence-corrected chi connectivity index (χ2v) is 4.40. The van der Waals surface area contributed by atoms with Crippen LogP contribution in [0, 0.1) is 21.4 Å². The second kappa shape index (κ2) is 7.28. The number of nitro groups is 1. The normalized spacial score (nSPS) is 10.2. The first-order valence-electron chi connectivity index (χ1n) is 5.97. The van der Waals surface area contributed by atoms with E-state index in [4.69, 9.17) is 5.26 Å². The van der Waals surface area contributed by atoms with Crippen LogP contribution in [0.3, 0.4) is 0 Å². The number of nitrogens with one attached hydrogen (secondary N) is 1. The van der Waals surface area contributed by atoms with Gasteiger partial charge in [0.05, 0.1) is 4.92 Å². The number of rotatable bonds is 7. The number of hydrogen-bond donors (Lipinski definition) is 1. The summed E-state index contributed by atoms with van der Waals surface area (Å²) in [7, 11) is 4.03. The van der Waals surface area contributed by atoms with Crippen LogP contribution in [0.1, 0.15) is 18.4 Å². The number of nitrogens with zero attached hydrogens (tertiary/aromatic N) is 4. The summed E-state index contributed by atoms with van der Waals surface area (Å²) in [4.78, 5) is 16.0. The second-order valence-electron chi connectivity index (χ2n) is 4.40. The van der Waals surface area contributed by atoms with Crippen molar-refractivity contribution < 1.29 is 4.92 Å². The third-order valence-electron chi connectivity index (χ3n) is 2.53. The summed E-state index contributed by atoms with van der Waals surface area (Å²) < 4.78 is 0. The van der Waals surface area contributed by atoms with Gasteiger partial charge < -0.3 is 10.2 Å². The molecule has 0 spiro atoms. The molecule has 1 rings (SSSR count). The average Bonchev–Trinajstić information content (AvgIpc) is 2.37. The highest BCUT2D eigenvalue weighted by Crippen LogP contribution is 2.18. The largest absolute Gasteiger partial charge is 0.369 e. The van der Waals surface area contributed by atoms with Crippen molar-refractivity contribution in [3.8, 4) is 6.07 Å². The number of pyridine rings is 1. The molecular weight excluding hydrogens is 246 g/mol. The predicted molar refractivity (Wildman–Crippen MR) is 71.9 cm³/mol. The fourth-order valence-corrected chi connectivity index (χ4v) is 1.54. The smallest absolute Gasteiger partial charge is 0.289 e. The maximum absolute atomic E-state index is 10.6. The highest BCUT2D eigenvalue weighted by molar-refractivity contribution is 5.55. The summed E-state index contributed by atoms with van der Waals surface area (Å²) in [5.74, 6) is 0.401. The van der Waals surface area contributed by atoms with Crippen LogP contribution in [0.4, 0.5) is 11.5 Å². The van der Waals surface area contributed by atoms with E-state index in [0.29, 0.717) is 12.4 Å². The molecule has 0 saturated heterocycles. The van der Waals surface area contributed by atoms with Crippen LogP contribution in [0.15, 0.2) is 12.3 Å². The van der Waals surface area contributed by atoms with Crippen molar-refractivity contribution >= 4 is 11.5 Å². The van der Waals surface area contributed by atoms with Crippen LogP contribution in [0.2, 0.25) is 0 Å². The quantitative estimate of drug-likeness (QED) is 0.456. The first-order chi connectivity index (χ1) is 9.04. The Kier molecular flexibility index (Phi) is 5.70. The van der Waals surface area contributed by atoms with Crippen LogP contribution in [-0.2, 0) is 0 Å². The molecule has 1 aromatic rings. The summed E-state index contributed by atoms with van der Waals surface area (Å²) in [6.45, 7) is 1.69. The lowest BCUT2D eigenvalue weighted by Gasteiger charge is -2.10. The van der Waals surface area contributed by atoms with Gasteiger partial charge in [0.15, 0.2) is 0 Å². The fourth-order valence-electron chi connectivity index (χ4n) is 1.54. The standard InChI is InChI=1S/C12H17N5O2/c1-16(2)6-4-3-5-14-12-10(8-13)7-11(9-15-12)17(18)19/h7,9H,3-6H2,1-2H3,(H,14,15). The number of hydrogen-bond acceptors (Lipinski definition) is 6. The minimum atomic E-state index is -0.561. The van der Waals surface area contributed by atoms with Crippen LogP contribution in [0.25, 0.3) is 0 Å². The van der Waals surface area contributed by atoms with Crippen LogP contribution in [0.5, 0.6) is 0 Å². The third-order valence-corrected chi connectivity index (χ3v) is 2.53. The molecule has 0 amide bonds. The predicted octanol–water partition coefficient (Wildman–Crippen LogP) is 1.62. The molecule has 0 saturated carbocycles. The summed E-state index contributed by atoms with van der Waals surface area (Å²) >= 11 is 0. The molecule has 1 N–H and O–H groups in total. The minimum Gasteiger partial charge on any atom is -0.369 e. The molecule has 102 valence electrons. The van der Waals surface area contributed by atoms with Gasteiger partial charge in [0.25, 0.3) is 5.69 Å². The Bertz CT molecular complexity index is 481. The van der Waals surface area contributed by atoms with Crippen molar-refractivity contribution in [1.82, 2.24) is 9.88 Å². The van der Waals surface area contributed by atoms with Crippen molar-refractivity contribution in [3.05, 3.63) is 27.9 Å². The SMILES string of the molecule is CN(C)CCCCNc1ncc([N+](=O)[O-])cc1C#N. The molecule has 1 aromatic heterocycles. The molecule has 0 atom stereocenters. The Morgan fingerprint density at radius 2 is 2.26 bits per heavy atom. The molecule has 0 aliphatic carbocycles. The first-order valence-corrected chi connectivity index (χ1v) is 5.97. The van der Waals surface area contributed by atoms with Crippen molar-refractivity contribution in [2.75, 3.05) is 32.5 Å². The summed E-state index contributed by atoms with van der Waals surface area (Å²) in [6.07, 6.45) is 3.14. The molecule has 0 fully saturated rings. The summed E-state index contributed by atoms with van der Waals surface area (Å²) in [5, 5.41) is 22.5. The molecule has 7 nitrogen and oxygen atoms in total. The molecule has 7 heteroatoms. The highest BCUT2D eigenvalue weighted by atomic mass is 16.6. The van der Waals surface area contributed by atoms with E-state index in [1.54, 1.807) is 0 Å².